The van der Waals surface area contributed by atoms with Gasteiger partial charge in [-0.15, -0.1) is 0 Å². The molecule has 3 nitrogen and oxygen atoms in total. The van der Waals surface area contributed by atoms with Gasteiger partial charge in [0.15, 0.2) is 0 Å². The van der Waals surface area contributed by atoms with Crippen molar-refractivity contribution in [1.29, 1.82) is 0 Å². The van der Waals surface area contributed by atoms with Gasteiger partial charge in [-0.1, -0.05) is 40.9 Å². The smallest absolute Gasteiger partial charge is 0.338 e. The molecule has 0 aliphatic rings. The van der Waals surface area contributed by atoms with Gasteiger partial charge in [0, 0.05) is 0 Å². The molecule has 2 rings (SSSR count). The number of halogens is 3. The largest absolute Gasteiger partial charge is 0.457 e. The van der Waals surface area contributed by atoms with Crippen LogP contribution >= 0.6 is 34.8 Å². The average Bonchev–Trinajstić information content (AvgIpc) is 2.43. The van der Waals surface area contributed by atoms with Gasteiger partial charge < -0.3 is 10.5 Å². The molecule has 0 aliphatic heterocycles. The zero-order valence-corrected chi connectivity index (χ0v) is 12.5. The quantitative estimate of drug-likeness (QED) is 0.661. The summed E-state index contributed by atoms with van der Waals surface area (Å²) in [6.07, 6.45) is 0. The average molecular weight is 331 g/mol. The van der Waals surface area contributed by atoms with E-state index in [2.05, 4.69) is 0 Å². The molecule has 2 N–H and O–H groups in total. The van der Waals surface area contributed by atoms with Crippen LogP contribution in [0.3, 0.4) is 0 Å². The highest BCUT2D eigenvalue weighted by atomic mass is 35.5. The summed E-state index contributed by atoms with van der Waals surface area (Å²) in [6, 6.07) is 9.60. The zero-order valence-electron chi connectivity index (χ0n) is 10.2. The molecule has 2 aromatic rings. The minimum atomic E-state index is -0.487. The Morgan fingerprint density at radius 2 is 1.70 bits per heavy atom. The number of nitrogens with two attached hydrogens (primary N) is 1. The summed E-state index contributed by atoms with van der Waals surface area (Å²) >= 11 is 17.5. The molecule has 2 aromatic carbocycles. The molecule has 0 aliphatic carbocycles. The number of anilines is 1. The summed E-state index contributed by atoms with van der Waals surface area (Å²) in [5.41, 5.74) is 7.04. The zero-order chi connectivity index (χ0) is 14.7. The van der Waals surface area contributed by atoms with E-state index in [1.807, 2.05) is 0 Å². The number of carbonyl (C=O) groups excluding carboxylic acids is 1. The third-order valence-corrected chi connectivity index (χ3v) is 3.67. The molecule has 0 aromatic heterocycles. The molecule has 0 atom stereocenters. The van der Waals surface area contributed by atoms with Crippen LogP contribution in [0.2, 0.25) is 15.1 Å². The first-order chi connectivity index (χ1) is 9.47. The SMILES string of the molecule is Nc1cc(C(=O)OCc2ccc(Cl)c(Cl)c2)ccc1Cl. The summed E-state index contributed by atoms with van der Waals surface area (Å²) < 4.78 is 5.16. The van der Waals surface area contributed by atoms with Crippen molar-refractivity contribution in [2.45, 2.75) is 6.61 Å². The number of rotatable bonds is 3. The Balaban J connectivity index is 2.04. The van der Waals surface area contributed by atoms with Gasteiger partial charge in [-0.25, -0.2) is 4.79 Å². The van der Waals surface area contributed by atoms with Crippen LogP contribution in [-0.4, -0.2) is 5.97 Å². The second kappa shape index (κ2) is 6.35. The molecule has 0 heterocycles. The van der Waals surface area contributed by atoms with Crippen LogP contribution < -0.4 is 5.73 Å². The van der Waals surface area contributed by atoms with Crippen LogP contribution in [0.1, 0.15) is 15.9 Å². The number of nitrogen functional groups attached to an aromatic ring is 1. The topological polar surface area (TPSA) is 52.3 Å². The van der Waals surface area contributed by atoms with Gasteiger partial charge >= 0.3 is 5.97 Å². The number of ether oxygens (including phenoxy) is 1. The maximum absolute atomic E-state index is 11.9. The van der Waals surface area contributed by atoms with Gasteiger partial charge in [0.1, 0.15) is 6.61 Å². The molecule has 0 spiro atoms. The first kappa shape index (κ1) is 15.0. The Morgan fingerprint density at radius 1 is 1.00 bits per heavy atom. The van der Waals surface area contributed by atoms with Crippen molar-refractivity contribution in [3.05, 3.63) is 62.6 Å². The molecule has 0 unspecified atom stereocenters. The molecule has 20 heavy (non-hydrogen) atoms. The summed E-state index contributed by atoms with van der Waals surface area (Å²) in [5.74, 6) is -0.487. The molecule has 0 saturated heterocycles. The third-order valence-electron chi connectivity index (χ3n) is 2.59. The van der Waals surface area contributed by atoms with Crippen molar-refractivity contribution in [2.24, 2.45) is 0 Å². The molecule has 0 bridgehead atoms. The lowest BCUT2D eigenvalue weighted by Gasteiger charge is -2.07. The Bertz CT molecular complexity index is 659. The number of hydrogen-bond donors (Lipinski definition) is 1. The molecular formula is C14H10Cl3NO2. The second-order valence-corrected chi connectivity index (χ2v) is 5.28. The van der Waals surface area contributed by atoms with Gasteiger partial charge in [-0.2, -0.15) is 0 Å². The van der Waals surface area contributed by atoms with Gasteiger partial charge in [-0.3, -0.25) is 0 Å². The van der Waals surface area contributed by atoms with Crippen molar-refractivity contribution < 1.29 is 9.53 Å². The number of benzene rings is 2. The van der Waals surface area contributed by atoms with Crippen LogP contribution in [-0.2, 0) is 11.3 Å². The van der Waals surface area contributed by atoms with Crippen molar-refractivity contribution in [2.75, 3.05) is 5.73 Å². The van der Waals surface area contributed by atoms with E-state index in [0.717, 1.165) is 5.56 Å². The van der Waals surface area contributed by atoms with E-state index in [1.165, 1.54) is 6.07 Å². The molecule has 0 saturated carbocycles. The molecule has 0 amide bonds. The van der Waals surface area contributed by atoms with E-state index in [1.54, 1.807) is 30.3 Å². The molecule has 6 heteroatoms. The fourth-order valence-corrected chi connectivity index (χ4v) is 1.97. The molecule has 0 radical (unpaired) electrons. The Kier molecular flexibility index (Phi) is 4.76. The van der Waals surface area contributed by atoms with Crippen LogP contribution in [0.15, 0.2) is 36.4 Å². The molecule has 0 fully saturated rings. The third kappa shape index (κ3) is 3.57. The summed E-state index contributed by atoms with van der Waals surface area (Å²) in [7, 11) is 0. The number of hydrogen-bond acceptors (Lipinski definition) is 3. The van der Waals surface area contributed by atoms with Crippen molar-refractivity contribution in [3.8, 4) is 0 Å². The van der Waals surface area contributed by atoms with E-state index < -0.39 is 5.97 Å². The van der Waals surface area contributed by atoms with Crippen molar-refractivity contribution in [1.82, 2.24) is 0 Å². The lowest BCUT2D eigenvalue weighted by molar-refractivity contribution is 0.0473. The predicted molar refractivity (Wildman–Crippen MR) is 81.4 cm³/mol. The fraction of sp³-hybridized carbons (Fsp3) is 0.0714. The predicted octanol–water partition coefficient (Wildman–Crippen LogP) is 4.59. The Hall–Kier alpha value is -1.42. The monoisotopic (exact) mass is 329 g/mol. The van der Waals surface area contributed by atoms with Crippen LogP contribution in [0.25, 0.3) is 0 Å². The number of carbonyl (C=O) groups is 1. The standard InChI is InChI=1S/C14H10Cl3NO2/c15-10-3-1-8(5-12(10)17)7-20-14(19)9-2-4-11(16)13(18)6-9/h1-6H,7,18H2. The van der Waals surface area contributed by atoms with E-state index >= 15 is 0 Å². The first-order valence-electron chi connectivity index (χ1n) is 5.63. The molecular weight excluding hydrogens is 321 g/mol. The summed E-state index contributed by atoms with van der Waals surface area (Å²) in [4.78, 5) is 11.9. The normalized spacial score (nSPS) is 10.3. The lowest BCUT2D eigenvalue weighted by atomic mass is 10.2. The maximum Gasteiger partial charge on any atom is 0.338 e. The van der Waals surface area contributed by atoms with E-state index in [0.29, 0.717) is 26.3 Å². The van der Waals surface area contributed by atoms with Crippen molar-refractivity contribution >= 4 is 46.5 Å². The van der Waals surface area contributed by atoms with Crippen molar-refractivity contribution in [3.63, 3.8) is 0 Å². The number of esters is 1. The Morgan fingerprint density at radius 3 is 2.35 bits per heavy atom. The molecule has 104 valence electrons. The minimum Gasteiger partial charge on any atom is -0.457 e. The highest BCUT2D eigenvalue weighted by Crippen LogP contribution is 2.23. The van der Waals surface area contributed by atoms with E-state index in [9.17, 15) is 4.79 Å². The van der Waals surface area contributed by atoms with Gasteiger partial charge in [0.2, 0.25) is 0 Å². The highest BCUT2D eigenvalue weighted by molar-refractivity contribution is 6.42. The Labute approximate surface area is 131 Å². The minimum absolute atomic E-state index is 0.0955. The van der Waals surface area contributed by atoms with Gasteiger partial charge in [0.05, 0.1) is 26.3 Å². The second-order valence-electron chi connectivity index (χ2n) is 4.06. The van der Waals surface area contributed by atoms with Gasteiger partial charge in [0.25, 0.3) is 0 Å². The highest BCUT2D eigenvalue weighted by Gasteiger charge is 2.09. The fourth-order valence-electron chi connectivity index (χ4n) is 1.53. The summed E-state index contributed by atoms with van der Waals surface area (Å²) in [5, 5.41) is 1.26. The van der Waals surface area contributed by atoms with E-state index in [-0.39, 0.29) is 6.61 Å². The lowest BCUT2D eigenvalue weighted by Crippen LogP contribution is -2.06. The summed E-state index contributed by atoms with van der Waals surface area (Å²) in [6.45, 7) is 0.0955. The van der Waals surface area contributed by atoms with Crippen LogP contribution in [0.5, 0.6) is 0 Å². The maximum atomic E-state index is 11.9. The van der Waals surface area contributed by atoms with Crippen LogP contribution in [0, 0.1) is 0 Å². The van der Waals surface area contributed by atoms with E-state index in [4.69, 9.17) is 45.3 Å². The first-order valence-corrected chi connectivity index (χ1v) is 6.77. The van der Waals surface area contributed by atoms with Crippen LogP contribution in [0.4, 0.5) is 5.69 Å². The van der Waals surface area contributed by atoms with Gasteiger partial charge in [-0.05, 0) is 35.9 Å².